The number of carbonyl (C=O) groups is 2. The number of rotatable bonds is 8. The Hall–Kier alpha value is -2.60. The summed E-state index contributed by atoms with van der Waals surface area (Å²) in [7, 11) is 0. The van der Waals surface area contributed by atoms with Crippen LogP contribution < -0.4 is 10.1 Å². The Morgan fingerprint density at radius 1 is 1.20 bits per heavy atom. The fourth-order valence-corrected chi connectivity index (χ4v) is 2.13. The molecule has 1 amide bonds. The third kappa shape index (κ3) is 6.43. The van der Waals surface area contributed by atoms with Gasteiger partial charge in [0.05, 0.1) is 18.8 Å². The number of hydrogen-bond donors (Lipinski definition) is 1. The average molecular weight is 363 g/mol. The summed E-state index contributed by atoms with van der Waals surface area (Å²) in [4.78, 5) is 27.6. The number of anilines is 1. The standard InChI is InChI=1S/C18H19ClN2O4/c1-2-24-18(23)13-9-10-20-16(12-13)21-17(22)4-3-11-25-15-7-5-14(19)6-8-15/h5-10,12H,2-4,11H2,1H3,(H,20,21,22). The van der Waals surface area contributed by atoms with Gasteiger partial charge in [-0.2, -0.15) is 0 Å². The number of nitrogens with zero attached hydrogens (tertiary/aromatic N) is 1. The highest BCUT2D eigenvalue weighted by Crippen LogP contribution is 2.16. The summed E-state index contributed by atoms with van der Waals surface area (Å²) < 4.78 is 10.4. The second kappa shape index (κ2) is 9.64. The number of esters is 1. The van der Waals surface area contributed by atoms with Gasteiger partial charge in [-0.05, 0) is 49.7 Å². The highest BCUT2D eigenvalue weighted by molar-refractivity contribution is 6.30. The number of nitrogens with one attached hydrogen (secondary N) is 1. The predicted octanol–water partition coefficient (Wildman–Crippen LogP) is 3.71. The minimum absolute atomic E-state index is 0.201. The van der Waals surface area contributed by atoms with Crippen molar-refractivity contribution in [1.29, 1.82) is 0 Å². The molecule has 0 saturated heterocycles. The molecule has 1 aromatic carbocycles. The number of carbonyl (C=O) groups excluding carboxylic acids is 2. The van der Waals surface area contributed by atoms with Gasteiger partial charge in [0.25, 0.3) is 0 Å². The van der Waals surface area contributed by atoms with Crippen molar-refractivity contribution in [3.8, 4) is 5.75 Å². The summed E-state index contributed by atoms with van der Waals surface area (Å²) in [5.74, 6) is 0.368. The first-order valence-electron chi connectivity index (χ1n) is 7.90. The maximum Gasteiger partial charge on any atom is 0.338 e. The Bertz CT molecular complexity index is 719. The molecule has 6 nitrogen and oxygen atoms in total. The van der Waals surface area contributed by atoms with Crippen molar-refractivity contribution < 1.29 is 19.1 Å². The van der Waals surface area contributed by atoms with Crippen molar-refractivity contribution >= 4 is 29.3 Å². The lowest BCUT2D eigenvalue weighted by atomic mass is 10.2. The number of hydrogen-bond acceptors (Lipinski definition) is 5. The quantitative estimate of drug-likeness (QED) is 0.572. The predicted molar refractivity (Wildman–Crippen MR) is 95.0 cm³/mol. The van der Waals surface area contributed by atoms with E-state index >= 15 is 0 Å². The third-order valence-corrected chi connectivity index (χ3v) is 3.42. The summed E-state index contributed by atoms with van der Waals surface area (Å²) in [5.41, 5.74) is 0.346. The van der Waals surface area contributed by atoms with Crippen molar-refractivity contribution in [2.24, 2.45) is 0 Å². The van der Waals surface area contributed by atoms with Crippen molar-refractivity contribution in [3.63, 3.8) is 0 Å². The number of benzene rings is 1. The Labute approximate surface area is 151 Å². The van der Waals surface area contributed by atoms with Gasteiger partial charge in [-0.3, -0.25) is 4.79 Å². The minimum atomic E-state index is -0.447. The largest absolute Gasteiger partial charge is 0.494 e. The molecule has 0 spiro atoms. The van der Waals surface area contributed by atoms with Gasteiger partial charge in [0.15, 0.2) is 0 Å². The van der Waals surface area contributed by atoms with Crippen LogP contribution in [0, 0.1) is 0 Å². The van der Waals surface area contributed by atoms with Crippen molar-refractivity contribution in [3.05, 3.63) is 53.2 Å². The molecule has 2 rings (SSSR count). The van der Waals surface area contributed by atoms with Crippen molar-refractivity contribution in [1.82, 2.24) is 4.98 Å². The first kappa shape index (κ1) is 18.7. The molecule has 0 bridgehead atoms. The van der Waals surface area contributed by atoms with Crippen LogP contribution in [0.2, 0.25) is 5.02 Å². The van der Waals surface area contributed by atoms with Crippen LogP contribution in [0.4, 0.5) is 5.82 Å². The third-order valence-electron chi connectivity index (χ3n) is 3.17. The smallest absolute Gasteiger partial charge is 0.338 e. The van der Waals surface area contributed by atoms with E-state index in [1.165, 1.54) is 18.3 Å². The van der Waals surface area contributed by atoms with Gasteiger partial charge in [-0.25, -0.2) is 9.78 Å². The van der Waals surface area contributed by atoms with Gasteiger partial charge in [-0.15, -0.1) is 0 Å². The molecule has 132 valence electrons. The van der Waals surface area contributed by atoms with E-state index in [2.05, 4.69) is 10.3 Å². The Kier molecular flexibility index (Phi) is 7.22. The van der Waals surface area contributed by atoms with E-state index in [1.807, 2.05) is 0 Å². The lowest BCUT2D eigenvalue weighted by molar-refractivity contribution is -0.116. The van der Waals surface area contributed by atoms with E-state index in [9.17, 15) is 9.59 Å². The molecule has 0 unspecified atom stereocenters. The number of pyridine rings is 1. The highest BCUT2D eigenvalue weighted by Gasteiger charge is 2.09. The first-order chi connectivity index (χ1) is 12.1. The van der Waals surface area contributed by atoms with E-state index in [0.29, 0.717) is 35.2 Å². The molecule has 0 aliphatic rings. The molecule has 0 saturated carbocycles. The zero-order valence-corrected chi connectivity index (χ0v) is 14.6. The summed E-state index contributed by atoms with van der Waals surface area (Å²) in [6, 6.07) is 10.0. The second-order valence-corrected chi connectivity index (χ2v) is 5.54. The molecular formula is C18H19ClN2O4. The zero-order chi connectivity index (χ0) is 18.1. The van der Waals surface area contributed by atoms with Crippen molar-refractivity contribution in [2.45, 2.75) is 19.8 Å². The van der Waals surface area contributed by atoms with Crippen LogP contribution >= 0.6 is 11.6 Å². The molecule has 1 aromatic heterocycles. The SMILES string of the molecule is CCOC(=O)c1ccnc(NC(=O)CCCOc2ccc(Cl)cc2)c1. The van der Waals surface area contributed by atoms with E-state index in [0.717, 1.165) is 0 Å². The van der Waals surface area contributed by atoms with Crippen LogP contribution in [-0.2, 0) is 9.53 Å². The Morgan fingerprint density at radius 3 is 2.68 bits per heavy atom. The van der Waals surface area contributed by atoms with E-state index in [-0.39, 0.29) is 18.9 Å². The minimum Gasteiger partial charge on any atom is -0.494 e. The number of ether oxygens (including phenoxy) is 2. The fraction of sp³-hybridized carbons (Fsp3) is 0.278. The Morgan fingerprint density at radius 2 is 1.96 bits per heavy atom. The topological polar surface area (TPSA) is 77.5 Å². The van der Waals surface area contributed by atoms with Gasteiger partial charge in [0.1, 0.15) is 11.6 Å². The summed E-state index contributed by atoms with van der Waals surface area (Å²) in [6.45, 7) is 2.43. The van der Waals surface area contributed by atoms with Gasteiger partial charge >= 0.3 is 5.97 Å². The van der Waals surface area contributed by atoms with Crippen LogP contribution in [0.25, 0.3) is 0 Å². The van der Waals surface area contributed by atoms with E-state index in [1.54, 1.807) is 31.2 Å². The van der Waals surface area contributed by atoms with Gasteiger partial charge in [0, 0.05) is 17.6 Å². The molecule has 1 N–H and O–H groups in total. The molecule has 0 radical (unpaired) electrons. The summed E-state index contributed by atoms with van der Waals surface area (Å²) >= 11 is 5.80. The summed E-state index contributed by atoms with van der Waals surface area (Å²) in [5, 5.41) is 3.30. The number of aromatic nitrogens is 1. The molecule has 1 heterocycles. The van der Waals surface area contributed by atoms with Gasteiger partial charge in [0.2, 0.25) is 5.91 Å². The maximum absolute atomic E-state index is 11.9. The van der Waals surface area contributed by atoms with Crippen LogP contribution in [0.5, 0.6) is 5.75 Å². The first-order valence-corrected chi connectivity index (χ1v) is 8.27. The lowest BCUT2D eigenvalue weighted by Gasteiger charge is -2.08. The number of halogens is 1. The highest BCUT2D eigenvalue weighted by atomic mass is 35.5. The lowest BCUT2D eigenvalue weighted by Crippen LogP contribution is -2.14. The molecule has 7 heteroatoms. The van der Waals surface area contributed by atoms with Crippen molar-refractivity contribution in [2.75, 3.05) is 18.5 Å². The molecule has 2 aromatic rings. The fourth-order valence-electron chi connectivity index (χ4n) is 2.00. The van der Waals surface area contributed by atoms with Crippen LogP contribution in [0.15, 0.2) is 42.6 Å². The molecule has 0 fully saturated rings. The molecule has 25 heavy (non-hydrogen) atoms. The molecule has 0 atom stereocenters. The monoisotopic (exact) mass is 362 g/mol. The summed E-state index contributed by atoms with van der Waals surface area (Å²) in [6.07, 6.45) is 2.27. The molecule has 0 aliphatic carbocycles. The normalized spacial score (nSPS) is 10.2. The average Bonchev–Trinajstić information content (AvgIpc) is 2.61. The van der Waals surface area contributed by atoms with E-state index < -0.39 is 5.97 Å². The molecular weight excluding hydrogens is 344 g/mol. The van der Waals surface area contributed by atoms with Gasteiger partial charge in [-0.1, -0.05) is 11.6 Å². The van der Waals surface area contributed by atoms with Crippen LogP contribution in [0.1, 0.15) is 30.1 Å². The molecule has 0 aliphatic heterocycles. The Balaban J connectivity index is 1.75. The van der Waals surface area contributed by atoms with Gasteiger partial charge < -0.3 is 14.8 Å². The maximum atomic E-state index is 11.9. The van der Waals surface area contributed by atoms with E-state index in [4.69, 9.17) is 21.1 Å². The van der Waals surface area contributed by atoms with Crippen LogP contribution in [-0.4, -0.2) is 30.1 Å². The zero-order valence-electron chi connectivity index (χ0n) is 13.8. The second-order valence-electron chi connectivity index (χ2n) is 5.10. The van der Waals surface area contributed by atoms with Crippen LogP contribution in [0.3, 0.4) is 0 Å². The number of amides is 1.